The SMILES string of the molecule is C=C(C)[C@@H]1C[C@H](OCc2ccc(OC)cc2)[C@@](C)(C(=O)OC(C)C)C1. The van der Waals surface area contributed by atoms with Crippen LogP contribution in [0.25, 0.3) is 0 Å². The average molecular weight is 346 g/mol. The zero-order chi connectivity index (χ0) is 18.6. The van der Waals surface area contributed by atoms with Crippen LogP contribution >= 0.6 is 0 Å². The highest BCUT2D eigenvalue weighted by Gasteiger charge is 2.51. The molecule has 1 aliphatic rings. The van der Waals surface area contributed by atoms with Gasteiger partial charge in [-0.05, 0) is 64.2 Å². The lowest BCUT2D eigenvalue weighted by atomic mass is 9.85. The molecular formula is C21H30O4. The van der Waals surface area contributed by atoms with Gasteiger partial charge in [-0.15, -0.1) is 0 Å². The van der Waals surface area contributed by atoms with Crippen molar-refractivity contribution in [1.82, 2.24) is 0 Å². The van der Waals surface area contributed by atoms with E-state index < -0.39 is 5.41 Å². The van der Waals surface area contributed by atoms with Crippen LogP contribution in [0.2, 0.25) is 0 Å². The summed E-state index contributed by atoms with van der Waals surface area (Å²) in [5, 5.41) is 0. The van der Waals surface area contributed by atoms with E-state index in [4.69, 9.17) is 14.2 Å². The largest absolute Gasteiger partial charge is 0.497 e. The Morgan fingerprint density at radius 3 is 2.48 bits per heavy atom. The third-order valence-corrected chi connectivity index (χ3v) is 5.00. The molecule has 0 amide bonds. The van der Waals surface area contributed by atoms with Crippen LogP contribution in [0.3, 0.4) is 0 Å². The van der Waals surface area contributed by atoms with E-state index in [2.05, 4.69) is 6.58 Å². The molecule has 0 heterocycles. The Labute approximate surface area is 151 Å². The lowest BCUT2D eigenvalue weighted by molar-refractivity contribution is -0.167. The molecule has 25 heavy (non-hydrogen) atoms. The number of carbonyl (C=O) groups excluding carboxylic acids is 1. The molecule has 0 aliphatic heterocycles. The fourth-order valence-corrected chi connectivity index (χ4v) is 3.35. The van der Waals surface area contributed by atoms with Gasteiger partial charge in [-0.1, -0.05) is 24.3 Å². The monoisotopic (exact) mass is 346 g/mol. The summed E-state index contributed by atoms with van der Waals surface area (Å²) < 4.78 is 16.9. The Kier molecular flexibility index (Phi) is 6.28. The summed E-state index contributed by atoms with van der Waals surface area (Å²) in [5.41, 5.74) is 1.51. The predicted molar refractivity (Wildman–Crippen MR) is 98.4 cm³/mol. The fraction of sp³-hybridized carbons (Fsp3) is 0.571. The van der Waals surface area contributed by atoms with Crippen molar-refractivity contribution in [3.05, 3.63) is 42.0 Å². The number of hydrogen-bond acceptors (Lipinski definition) is 4. The van der Waals surface area contributed by atoms with E-state index in [0.717, 1.165) is 29.7 Å². The molecule has 4 heteroatoms. The second-order valence-electron chi connectivity index (χ2n) is 7.50. The summed E-state index contributed by atoms with van der Waals surface area (Å²) in [7, 11) is 1.65. The zero-order valence-electron chi connectivity index (χ0n) is 16.0. The topological polar surface area (TPSA) is 44.8 Å². The first kappa shape index (κ1) is 19.5. The molecule has 0 N–H and O–H groups in total. The lowest BCUT2D eigenvalue weighted by Crippen LogP contribution is -2.39. The van der Waals surface area contributed by atoms with Crippen LogP contribution in [0.1, 0.15) is 46.1 Å². The molecule has 1 saturated carbocycles. The molecule has 1 aromatic carbocycles. The quantitative estimate of drug-likeness (QED) is 0.538. The molecule has 1 aromatic rings. The van der Waals surface area contributed by atoms with Gasteiger partial charge in [-0.3, -0.25) is 4.79 Å². The maximum absolute atomic E-state index is 12.7. The van der Waals surface area contributed by atoms with Crippen molar-refractivity contribution in [2.45, 2.75) is 59.4 Å². The minimum absolute atomic E-state index is 0.129. The van der Waals surface area contributed by atoms with Gasteiger partial charge in [0, 0.05) is 0 Å². The van der Waals surface area contributed by atoms with Gasteiger partial charge < -0.3 is 14.2 Å². The van der Waals surface area contributed by atoms with Crippen molar-refractivity contribution in [2.75, 3.05) is 7.11 Å². The highest BCUT2D eigenvalue weighted by Crippen LogP contribution is 2.47. The fourth-order valence-electron chi connectivity index (χ4n) is 3.35. The van der Waals surface area contributed by atoms with Crippen molar-refractivity contribution in [1.29, 1.82) is 0 Å². The molecule has 3 atom stereocenters. The van der Waals surface area contributed by atoms with Crippen molar-refractivity contribution in [3.8, 4) is 5.75 Å². The number of methoxy groups -OCH3 is 1. The summed E-state index contributed by atoms with van der Waals surface area (Å²) in [6, 6.07) is 7.79. The summed E-state index contributed by atoms with van der Waals surface area (Å²) in [5.74, 6) is 0.925. The average Bonchev–Trinajstić information content (AvgIpc) is 2.91. The van der Waals surface area contributed by atoms with Gasteiger partial charge in [0.25, 0.3) is 0 Å². The number of rotatable bonds is 7. The van der Waals surface area contributed by atoms with E-state index in [1.165, 1.54) is 0 Å². The molecule has 2 rings (SSSR count). The van der Waals surface area contributed by atoms with Crippen molar-refractivity contribution < 1.29 is 19.0 Å². The van der Waals surface area contributed by atoms with Gasteiger partial charge in [0.15, 0.2) is 0 Å². The zero-order valence-corrected chi connectivity index (χ0v) is 16.0. The lowest BCUT2D eigenvalue weighted by Gasteiger charge is -2.30. The van der Waals surface area contributed by atoms with Gasteiger partial charge in [-0.25, -0.2) is 0 Å². The molecule has 0 radical (unpaired) electrons. The van der Waals surface area contributed by atoms with E-state index in [0.29, 0.717) is 6.61 Å². The molecule has 0 unspecified atom stereocenters. The van der Waals surface area contributed by atoms with E-state index in [-0.39, 0.29) is 24.1 Å². The summed E-state index contributed by atoms with van der Waals surface area (Å²) in [6.45, 7) is 12.3. The normalized spacial score (nSPS) is 25.8. The molecule has 1 fully saturated rings. The summed E-state index contributed by atoms with van der Waals surface area (Å²) in [4.78, 5) is 12.7. The second kappa shape index (κ2) is 8.05. The maximum atomic E-state index is 12.7. The Balaban J connectivity index is 2.10. The number of allylic oxidation sites excluding steroid dienone is 1. The van der Waals surface area contributed by atoms with Crippen LogP contribution < -0.4 is 4.74 Å². The molecule has 138 valence electrons. The number of esters is 1. The number of benzene rings is 1. The van der Waals surface area contributed by atoms with E-state index in [1.807, 2.05) is 52.0 Å². The van der Waals surface area contributed by atoms with Crippen LogP contribution in [0, 0.1) is 11.3 Å². The van der Waals surface area contributed by atoms with E-state index in [9.17, 15) is 4.79 Å². The molecule has 0 aromatic heterocycles. The van der Waals surface area contributed by atoms with Crippen LogP contribution in [-0.4, -0.2) is 25.3 Å². The molecule has 0 bridgehead atoms. The van der Waals surface area contributed by atoms with Crippen LogP contribution in [-0.2, 0) is 20.9 Å². The molecule has 0 saturated heterocycles. The van der Waals surface area contributed by atoms with Gasteiger partial charge in [-0.2, -0.15) is 0 Å². The van der Waals surface area contributed by atoms with E-state index >= 15 is 0 Å². The highest BCUT2D eigenvalue weighted by molar-refractivity contribution is 5.78. The Morgan fingerprint density at radius 1 is 1.32 bits per heavy atom. The first-order valence-corrected chi connectivity index (χ1v) is 8.87. The third-order valence-electron chi connectivity index (χ3n) is 5.00. The molecule has 1 aliphatic carbocycles. The van der Waals surface area contributed by atoms with Crippen LogP contribution in [0.15, 0.2) is 36.4 Å². The number of ether oxygens (including phenoxy) is 3. The van der Waals surface area contributed by atoms with Crippen LogP contribution in [0.5, 0.6) is 5.75 Å². The maximum Gasteiger partial charge on any atom is 0.314 e. The summed E-state index contributed by atoms with van der Waals surface area (Å²) >= 11 is 0. The molecule has 4 nitrogen and oxygen atoms in total. The third kappa shape index (κ3) is 4.63. The Bertz CT molecular complexity index is 605. The van der Waals surface area contributed by atoms with Crippen LogP contribution in [0.4, 0.5) is 0 Å². The van der Waals surface area contributed by atoms with Gasteiger partial charge >= 0.3 is 5.97 Å². The second-order valence-corrected chi connectivity index (χ2v) is 7.50. The first-order chi connectivity index (χ1) is 11.8. The first-order valence-electron chi connectivity index (χ1n) is 8.87. The van der Waals surface area contributed by atoms with Gasteiger partial charge in [0.1, 0.15) is 5.75 Å². The predicted octanol–water partition coefficient (Wildman–Crippen LogP) is 4.52. The Hall–Kier alpha value is -1.81. The number of hydrogen-bond donors (Lipinski definition) is 0. The minimum atomic E-state index is -0.639. The summed E-state index contributed by atoms with van der Waals surface area (Å²) in [6.07, 6.45) is 1.22. The minimum Gasteiger partial charge on any atom is -0.497 e. The Morgan fingerprint density at radius 2 is 1.96 bits per heavy atom. The van der Waals surface area contributed by atoms with E-state index in [1.54, 1.807) is 7.11 Å². The molecule has 0 spiro atoms. The molecular weight excluding hydrogens is 316 g/mol. The van der Waals surface area contributed by atoms with Crippen molar-refractivity contribution >= 4 is 5.97 Å². The standard InChI is InChI=1S/C21H30O4/c1-14(2)17-11-19(21(5,12-17)20(22)25-15(3)4)24-13-16-7-9-18(23-6)10-8-16/h7-10,15,17,19H,1,11-13H2,2-6H3/t17-,19+,21+/m1/s1. The number of carbonyl (C=O) groups is 1. The van der Waals surface area contributed by atoms with Crippen molar-refractivity contribution in [3.63, 3.8) is 0 Å². The smallest absolute Gasteiger partial charge is 0.314 e. The van der Waals surface area contributed by atoms with Gasteiger partial charge in [0.2, 0.25) is 0 Å². The van der Waals surface area contributed by atoms with Gasteiger partial charge in [0.05, 0.1) is 31.3 Å². The highest BCUT2D eigenvalue weighted by atomic mass is 16.5. The van der Waals surface area contributed by atoms with Crippen molar-refractivity contribution in [2.24, 2.45) is 11.3 Å².